The van der Waals surface area contributed by atoms with E-state index < -0.39 is 5.41 Å². The minimum Gasteiger partial charge on any atom is -0.388 e. The molecule has 0 fully saturated rings. The SMILES string of the molecule is Cc1cc(C2(c3ccc(OC#N)c(C)c3)Cc3cccc4ccc5cccc2c5c34)ccc1OC#N. The van der Waals surface area contributed by atoms with Gasteiger partial charge in [-0.1, -0.05) is 72.8 Å². The van der Waals surface area contributed by atoms with Gasteiger partial charge >= 0.3 is 0 Å². The molecule has 0 unspecified atom stereocenters. The van der Waals surface area contributed by atoms with Crippen molar-refractivity contribution in [1.29, 1.82) is 10.5 Å². The lowest BCUT2D eigenvalue weighted by atomic mass is 9.61. The first-order chi connectivity index (χ1) is 17.6. The summed E-state index contributed by atoms with van der Waals surface area (Å²) in [7, 11) is 0. The average molecular weight is 467 g/mol. The van der Waals surface area contributed by atoms with Crippen molar-refractivity contribution in [2.75, 3.05) is 0 Å². The molecule has 172 valence electrons. The normalized spacial score (nSPS) is 13.3. The van der Waals surface area contributed by atoms with Crippen LogP contribution in [0.25, 0.3) is 21.5 Å². The second-order valence-electron chi connectivity index (χ2n) is 9.41. The molecule has 1 aliphatic carbocycles. The zero-order valence-electron chi connectivity index (χ0n) is 20.0. The first-order valence-electron chi connectivity index (χ1n) is 11.8. The van der Waals surface area contributed by atoms with E-state index >= 15 is 0 Å². The van der Waals surface area contributed by atoms with Crippen LogP contribution in [-0.4, -0.2) is 0 Å². The maximum Gasteiger partial charge on any atom is 0.292 e. The molecule has 5 aromatic carbocycles. The van der Waals surface area contributed by atoms with Gasteiger partial charge in [0.1, 0.15) is 11.5 Å². The second-order valence-corrected chi connectivity index (χ2v) is 9.41. The van der Waals surface area contributed by atoms with Crippen LogP contribution in [0.1, 0.15) is 33.4 Å². The van der Waals surface area contributed by atoms with Crippen LogP contribution >= 0.6 is 0 Å². The van der Waals surface area contributed by atoms with Crippen molar-refractivity contribution in [1.82, 2.24) is 0 Å². The zero-order valence-corrected chi connectivity index (χ0v) is 20.0. The lowest BCUT2D eigenvalue weighted by molar-refractivity contribution is 0.500. The number of aryl methyl sites for hydroxylation is 2. The van der Waals surface area contributed by atoms with Crippen molar-refractivity contribution in [3.63, 3.8) is 0 Å². The molecule has 0 saturated carbocycles. The number of nitriles is 2. The summed E-state index contributed by atoms with van der Waals surface area (Å²) in [5.74, 6) is 1.11. The first kappa shape index (κ1) is 21.7. The molecule has 4 nitrogen and oxygen atoms in total. The lowest BCUT2D eigenvalue weighted by Crippen LogP contribution is -2.34. The van der Waals surface area contributed by atoms with E-state index in [9.17, 15) is 0 Å². The molecule has 36 heavy (non-hydrogen) atoms. The molecule has 0 aromatic heterocycles. The summed E-state index contributed by atoms with van der Waals surface area (Å²) in [5.41, 5.74) is 6.09. The number of rotatable bonds is 4. The maximum atomic E-state index is 9.08. The van der Waals surface area contributed by atoms with Gasteiger partial charge in [-0.05, 0) is 87.3 Å². The number of nitrogens with zero attached hydrogens (tertiary/aromatic N) is 2. The fraction of sp³-hybridized carbons (Fsp3) is 0.125. The van der Waals surface area contributed by atoms with Crippen LogP contribution in [0.2, 0.25) is 0 Å². The highest BCUT2D eigenvalue weighted by atomic mass is 16.5. The highest BCUT2D eigenvalue weighted by Gasteiger charge is 2.41. The van der Waals surface area contributed by atoms with E-state index in [2.05, 4.69) is 72.8 Å². The van der Waals surface area contributed by atoms with E-state index in [1.807, 2.05) is 26.0 Å². The van der Waals surface area contributed by atoms with Gasteiger partial charge in [-0.15, -0.1) is 10.5 Å². The van der Waals surface area contributed by atoms with Crippen molar-refractivity contribution >= 4 is 21.5 Å². The molecule has 0 saturated heterocycles. The highest BCUT2D eigenvalue weighted by Crippen LogP contribution is 2.51. The van der Waals surface area contributed by atoms with Crippen molar-refractivity contribution in [3.05, 3.63) is 118 Å². The number of benzene rings is 5. The minimum atomic E-state index is -0.492. The molecule has 5 aromatic rings. The third-order valence-electron chi connectivity index (χ3n) is 7.53. The Bertz CT molecular complexity index is 1710. The van der Waals surface area contributed by atoms with Crippen LogP contribution in [0.15, 0.2) is 84.9 Å². The van der Waals surface area contributed by atoms with E-state index in [4.69, 9.17) is 20.0 Å². The van der Waals surface area contributed by atoms with Crippen LogP contribution < -0.4 is 9.47 Å². The smallest absolute Gasteiger partial charge is 0.292 e. The molecule has 0 spiro atoms. The quantitative estimate of drug-likeness (QED) is 0.207. The summed E-state index contributed by atoms with van der Waals surface area (Å²) in [4.78, 5) is 0. The van der Waals surface area contributed by atoms with Gasteiger partial charge in [-0.3, -0.25) is 0 Å². The van der Waals surface area contributed by atoms with Crippen LogP contribution in [-0.2, 0) is 11.8 Å². The molecule has 0 atom stereocenters. The number of ether oxygens (including phenoxy) is 2. The molecule has 4 heteroatoms. The molecule has 0 aliphatic heterocycles. The highest BCUT2D eigenvalue weighted by molar-refractivity contribution is 6.12. The van der Waals surface area contributed by atoms with Crippen LogP contribution in [0.4, 0.5) is 0 Å². The Morgan fingerprint density at radius 1 is 0.667 bits per heavy atom. The Morgan fingerprint density at radius 3 is 1.78 bits per heavy atom. The zero-order chi connectivity index (χ0) is 24.9. The summed E-state index contributed by atoms with van der Waals surface area (Å²) in [5, 5.41) is 23.2. The van der Waals surface area contributed by atoms with Crippen LogP contribution in [0, 0.1) is 36.9 Å². The summed E-state index contributed by atoms with van der Waals surface area (Å²) in [6.07, 6.45) is 4.36. The van der Waals surface area contributed by atoms with Crippen molar-refractivity contribution in [2.24, 2.45) is 0 Å². The largest absolute Gasteiger partial charge is 0.388 e. The van der Waals surface area contributed by atoms with E-state index in [1.165, 1.54) is 32.7 Å². The van der Waals surface area contributed by atoms with Gasteiger partial charge in [0.25, 0.3) is 12.5 Å². The van der Waals surface area contributed by atoms with Crippen LogP contribution in [0.5, 0.6) is 11.5 Å². The second kappa shape index (κ2) is 8.15. The topological polar surface area (TPSA) is 66.0 Å². The summed E-state index contributed by atoms with van der Waals surface area (Å²) < 4.78 is 10.4. The minimum absolute atomic E-state index is 0.492. The van der Waals surface area contributed by atoms with Gasteiger partial charge in [0.05, 0.1) is 0 Å². The number of hydrogen-bond donors (Lipinski definition) is 0. The van der Waals surface area contributed by atoms with E-state index in [-0.39, 0.29) is 0 Å². The molecule has 1 aliphatic rings. The standard InChI is InChI=1S/C32H22N2O2/c1-20-15-25(11-13-28(20)35-18-33)32(26-12-14-29(36-19-34)21(2)16-26)17-24-7-3-5-22-9-10-23-6-4-8-27(32)31(23)30(22)24/h3-16H,17H2,1-2H3. The third-order valence-corrected chi connectivity index (χ3v) is 7.53. The van der Waals surface area contributed by atoms with E-state index in [0.717, 1.165) is 28.7 Å². The Morgan fingerprint density at radius 2 is 1.22 bits per heavy atom. The fourth-order valence-corrected chi connectivity index (χ4v) is 5.95. The predicted octanol–water partition coefficient (Wildman–Crippen LogP) is 7.22. The van der Waals surface area contributed by atoms with Crippen molar-refractivity contribution < 1.29 is 9.47 Å². The molecule has 0 heterocycles. The maximum absolute atomic E-state index is 9.08. The van der Waals surface area contributed by atoms with Crippen molar-refractivity contribution in [2.45, 2.75) is 25.7 Å². The number of hydrogen-bond acceptors (Lipinski definition) is 4. The Kier molecular flexibility index (Phi) is 4.92. The molecule has 6 rings (SSSR count). The van der Waals surface area contributed by atoms with E-state index in [1.54, 1.807) is 12.5 Å². The predicted molar refractivity (Wildman–Crippen MR) is 140 cm³/mol. The molecule has 0 N–H and O–H groups in total. The Labute approximate surface area is 209 Å². The van der Waals surface area contributed by atoms with E-state index in [0.29, 0.717) is 11.5 Å². The summed E-state index contributed by atoms with van der Waals surface area (Å²) in [6, 6.07) is 29.7. The molecule has 0 bridgehead atoms. The van der Waals surface area contributed by atoms with Gasteiger partial charge in [0, 0.05) is 5.41 Å². The molecular weight excluding hydrogens is 444 g/mol. The van der Waals surface area contributed by atoms with Gasteiger partial charge in [-0.25, -0.2) is 0 Å². The molecular formula is C32H22N2O2. The summed E-state index contributed by atoms with van der Waals surface area (Å²) >= 11 is 0. The summed E-state index contributed by atoms with van der Waals surface area (Å²) in [6.45, 7) is 3.94. The first-order valence-corrected chi connectivity index (χ1v) is 11.8. The van der Waals surface area contributed by atoms with Crippen LogP contribution in [0.3, 0.4) is 0 Å². The monoisotopic (exact) mass is 466 g/mol. The fourth-order valence-electron chi connectivity index (χ4n) is 5.95. The van der Waals surface area contributed by atoms with Gasteiger partial charge in [-0.2, -0.15) is 0 Å². The average Bonchev–Trinajstić information content (AvgIpc) is 2.89. The molecule has 0 radical (unpaired) electrons. The van der Waals surface area contributed by atoms with Gasteiger partial charge < -0.3 is 9.47 Å². The Balaban J connectivity index is 1.73. The Hall–Kier alpha value is -4.80. The van der Waals surface area contributed by atoms with Crippen molar-refractivity contribution in [3.8, 4) is 24.0 Å². The molecule has 0 amide bonds. The van der Waals surface area contributed by atoms with Gasteiger partial charge in [0.15, 0.2) is 0 Å². The lowest BCUT2D eigenvalue weighted by Gasteiger charge is -2.41. The third kappa shape index (κ3) is 3.05. The van der Waals surface area contributed by atoms with Gasteiger partial charge in [0.2, 0.25) is 0 Å².